The number of benzene rings is 2. The molecule has 1 amide bonds. The van der Waals surface area contributed by atoms with Crippen LogP contribution in [-0.4, -0.2) is 38.8 Å². The summed E-state index contributed by atoms with van der Waals surface area (Å²) in [5, 5.41) is 5.75. The van der Waals surface area contributed by atoms with Gasteiger partial charge in [-0.25, -0.2) is 8.42 Å². The van der Waals surface area contributed by atoms with Crippen LogP contribution in [0.15, 0.2) is 47.4 Å². The molecule has 0 aliphatic heterocycles. The maximum atomic E-state index is 12.8. The van der Waals surface area contributed by atoms with Gasteiger partial charge in [0.1, 0.15) is 0 Å². The van der Waals surface area contributed by atoms with Crippen molar-refractivity contribution in [3.05, 3.63) is 53.6 Å². The predicted octanol–water partition coefficient (Wildman–Crippen LogP) is 2.47. The standard InChI is InChI=1S/C19H26N4O3S/c1-4-23(5-2)27(25,26)16-10-11-17(21-3)18(12-16)22-19(24)15-8-6-14(13-20)7-9-15/h6-12,21H,4-5,13,20H2,1-3H3,(H,22,24). The Morgan fingerprint density at radius 1 is 1.04 bits per heavy atom. The first kappa shape index (κ1) is 20.9. The molecular weight excluding hydrogens is 364 g/mol. The number of carbonyl (C=O) groups is 1. The fourth-order valence-electron chi connectivity index (χ4n) is 2.70. The zero-order chi connectivity index (χ0) is 20.0. The Morgan fingerprint density at radius 3 is 2.19 bits per heavy atom. The molecule has 0 unspecified atom stereocenters. The number of nitrogens with one attached hydrogen (secondary N) is 2. The molecule has 0 spiro atoms. The molecule has 0 fully saturated rings. The molecule has 4 N–H and O–H groups in total. The zero-order valence-corrected chi connectivity index (χ0v) is 16.6. The van der Waals surface area contributed by atoms with Gasteiger partial charge < -0.3 is 16.4 Å². The van der Waals surface area contributed by atoms with E-state index in [1.165, 1.54) is 16.4 Å². The van der Waals surface area contributed by atoms with Crippen LogP contribution in [0.2, 0.25) is 0 Å². The SMILES string of the molecule is CCN(CC)S(=O)(=O)c1ccc(NC)c(NC(=O)c2ccc(CN)cc2)c1. The summed E-state index contributed by atoms with van der Waals surface area (Å²) in [7, 11) is -1.91. The third-order valence-corrected chi connectivity index (χ3v) is 6.35. The maximum Gasteiger partial charge on any atom is 0.255 e. The minimum Gasteiger partial charge on any atom is -0.386 e. The van der Waals surface area contributed by atoms with Gasteiger partial charge in [-0.3, -0.25) is 4.79 Å². The molecule has 0 aliphatic rings. The lowest BCUT2D eigenvalue weighted by molar-refractivity contribution is 0.102. The van der Waals surface area contributed by atoms with Crippen molar-refractivity contribution >= 4 is 27.3 Å². The second-order valence-electron chi connectivity index (χ2n) is 5.90. The highest BCUT2D eigenvalue weighted by Gasteiger charge is 2.23. The summed E-state index contributed by atoms with van der Waals surface area (Å²) in [5.41, 5.74) is 7.99. The molecule has 2 rings (SSSR count). The quantitative estimate of drug-likeness (QED) is 0.642. The molecule has 146 valence electrons. The van der Waals surface area contributed by atoms with Gasteiger partial charge in [0.15, 0.2) is 0 Å². The molecule has 2 aromatic rings. The van der Waals surface area contributed by atoms with Crippen LogP contribution in [0.4, 0.5) is 11.4 Å². The van der Waals surface area contributed by atoms with Gasteiger partial charge in [-0.15, -0.1) is 0 Å². The molecule has 0 atom stereocenters. The van der Waals surface area contributed by atoms with Gasteiger partial charge >= 0.3 is 0 Å². The van der Waals surface area contributed by atoms with E-state index in [1.807, 2.05) is 0 Å². The molecule has 0 saturated heterocycles. The van der Waals surface area contributed by atoms with Crippen molar-refractivity contribution in [3.8, 4) is 0 Å². The van der Waals surface area contributed by atoms with Crippen molar-refractivity contribution in [2.24, 2.45) is 5.73 Å². The summed E-state index contributed by atoms with van der Waals surface area (Å²) in [6, 6.07) is 11.6. The lowest BCUT2D eigenvalue weighted by Gasteiger charge is -2.20. The van der Waals surface area contributed by atoms with Crippen molar-refractivity contribution in [2.45, 2.75) is 25.3 Å². The molecule has 8 heteroatoms. The topological polar surface area (TPSA) is 105 Å². The Hall–Kier alpha value is -2.42. The van der Waals surface area contributed by atoms with Crippen LogP contribution in [0.1, 0.15) is 29.8 Å². The highest BCUT2D eigenvalue weighted by Crippen LogP contribution is 2.27. The summed E-state index contributed by atoms with van der Waals surface area (Å²) in [4.78, 5) is 12.7. The third-order valence-electron chi connectivity index (χ3n) is 4.30. The van der Waals surface area contributed by atoms with Crippen LogP contribution in [-0.2, 0) is 16.6 Å². The number of nitrogens with two attached hydrogens (primary N) is 1. The van der Waals surface area contributed by atoms with E-state index < -0.39 is 10.0 Å². The average molecular weight is 391 g/mol. The van der Waals surface area contributed by atoms with E-state index in [1.54, 1.807) is 51.2 Å². The minimum absolute atomic E-state index is 0.138. The van der Waals surface area contributed by atoms with Crippen molar-refractivity contribution < 1.29 is 13.2 Å². The van der Waals surface area contributed by atoms with E-state index in [4.69, 9.17) is 5.73 Å². The highest BCUT2D eigenvalue weighted by atomic mass is 32.2. The molecule has 0 radical (unpaired) electrons. The van der Waals surface area contributed by atoms with E-state index in [0.717, 1.165) is 5.56 Å². The number of anilines is 2. The van der Waals surface area contributed by atoms with Gasteiger partial charge in [0.25, 0.3) is 5.91 Å². The Bertz CT molecular complexity index is 892. The second kappa shape index (κ2) is 8.98. The van der Waals surface area contributed by atoms with Gasteiger partial charge in [0.2, 0.25) is 10.0 Å². The molecule has 0 aliphatic carbocycles. The first-order valence-electron chi connectivity index (χ1n) is 8.79. The Morgan fingerprint density at radius 2 is 1.67 bits per heavy atom. The smallest absolute Gasteiger partial charge is 0.255 e. The van der Waals surface area contributed by atoms with Gasteiger partial charge in [-0.2, -0.15) is 4.31 Å². The van der Waals surface area contributed by atoms with Crippen molar-refractivity contribution in [3.63, 3.8) is 0 Å². The van der Waals surface area contributed by atoms with Crippen molar-refractivity contribution in [1.82, 2.24) is 4.31 Å². The van der Waals surface area contributed by atoms with Gasteiger partial charge in [-0.05, 0) is 35.9 Å². The Labute approximate surface area is 160 Å². The fourth-order valence-corrected chi connectivity index (χ4v) is 4.19. The maximum absolute atomic E-state index is 12.8. The van der Waals surface area contributed by atoms with Gasteiger partial charge in [0, 0.05) is 32.2 Å². The lowest BCUT2D eigenvalue weighted by Crippen LogP contribution is -2.30. The zero-order valence-electron chi connectivity index (χ0n) is 15.8. The van der Waals surface area contributed by atoms with Crippen molar-refractivity contribution in [2.75, 3.05) is 30.8 Å². The number of sulfonamides is 1. The number of carbonyl (C=O) groups excluding carboxylic acids is 1. The average Bonchev–Trinajstić information content (AvgIpc) is 2.68. The van der Waals surface area contributed by atoms with Crippen molar-refractivity contribution in [1.29, 1.82) is 0 Å². The Balaban J connectivity index is 2.36. The first-order valence-corrected chi connectivity index (χ1v) is 10.2. The largest absolute Gasteiger partial charge is 0.386 e. The van der Waals surface area contributed by atoms with Crippen LogP contribution >= 0.6 is 0 Å². The first-order chi connectivity index (χ1) is 12.9. The van der Waals surface area contributed by atoms with E-state index in [2.05, 4.69) is 10.6 Å². The molecule has 7 nitrogen and oxygen atoms in total. The number of rotatable bonds is 8. The van der Waals surface area contributed by atoms with Gasteiger partial charge in [-0.1, -0.05) is 26.0 Å². The second-order valence-corrected chi connectivity index (χ2v) is 7.84. The summed E-state index contributed by atoms with van der Waals surface area (Å²) < 4.78 is 26.9. The molecule has 0 saturated carbocycles. The normalized spacial score (nSPS) is 11.4. The summed E-state index contributed by atoms with van der Waals surface area (Å²) >= 11 is 0. The van der Waals surface area contributed by atoms with Crippen LogP contribution in [0.5, 0.6) is 0 Å². The van der Waals surface area contributed by atoms with E-state index >= 15 is 0 Å². The monoisotopic (exact) mass is 390 g/mol. The Kier molecular flexibility index (Phi) is 6.95. The van der Waals surface area contributed by atoms with E-state index in [9.17, 15) is 13.2 Å². The molecular formula is C19H26N4O3S. The fraction of sp³-hybridized carbons (Fsp3) is 0.316. The summed E-state index contributed by atoms with van der Waals surface area (Å²) in [5.74, 6) is -0.326. The van der Waals surface area contributed by atoms with E-state index in [-0.39, 0.29) is 10.8 Å². The van der Waals surface area contributed by atoms with Crippen LogP contribution < -0.4 is 16.4 Å². The molecule has 0 bridgehead atoms. The number of amides is 1. The predicted molar refractivity (Wildman–Crippen MR) is 108 cm³/mol. The third kappa shape index (κ3) is 4.65. The molecule has 0 heterocycles. The van der Waals surface area contributed by atoms with Gasteiger partial charge in [0.05, 0.1) is 16.3 Å². The highest BCUT2D eigenvalue weighted by molar-refractivity contribution is 7.89. The molecule has 0 aromatic heterocycles. The lowest BCUT2D eigenvalue weighted by atomic mass is 10.1. The molecule has 2 aromatic carbocycles. The van der Waals surface area contributed by atoms with Crippen LogP contribution in [0.25, 0.3) is 0 Å². The molecule has 27 heavy (non-hydrogen) atoms. The number of hydrogen-bond donors (Lipinski definition) is 3. The number of nitrogens with zero attached hydrogens (tertiary/aromatic N) is 1. The summed E-state index contributed by atoms with van der Waals surface area (Å²) in [6.45, 7) is 4.73. The van der Waals surface area contributed by atoms with E-state index in [0.29, 0.717) is 36.6 Å². The van der Waals surface area contributed by atoms with Crippen LogP contribution in [0.3, 0.4) is 0 Å². The number of hydrogen-bond acceptors (Lipinski definition) is 5. The minimum atomic E-state index is -3.62. The summed E-state index contributed by atoms with van der Waals surface area (Å²) in [6.07, 6.45) is 0. The van der Waals surface area contributed by atoms with Crippen LogP contribution in [0, 0.1) is 0 Å².